The summed E-state index contributed by atoms with van der Waals surface area (Å²) < 4.78 is 5.86. The van der Waals surface area contributed by atoms with E-state index in [9.17, 15) is 0 Å². The zero-order valence-corrected chi connectivity index (χ0v) is 13.0. The lowest BCUT2D eigenvalue weighted by molar-refractivity contribution is 0.240. The van der Waals surface area contributed by atoms with Gasteiger partial charge < -0.3 is 10.5 Å². The highest BCUT2D eigenvalue weighted by Gasteiger charge is 2.05. The molecule has 2 heteroatoms. The minimum atomic E-state index is 0.586. The first-order valence-corrected chi connectivity index (χ1v) is 7.79. The van der Waals surface area contributed by atoms with Gasteiger partial charge in [-0.1, -0.05) is 63.1 Å². The SMILES string of the molecule is CCC(CC)COc1ccc(-c2ccc(CN)cc2)cc1. The van der Waals surface area contributed by atoms with Gasteiger partial charge in [-0.2, -0.15) is 0 Å². The van der Waals surface area contributed by atoms with Gasteiger partial charge in [-0.15, -0.1) is 0 Å². The number of rotatable bonds is 7. The van der Waals surface area contributed by atoms with Crippen LogP contribution >= 0.6 is 0 Å². The van der Waals surface area contributed by atoms with E-state index in [0.717, 1.165) is 17.9 Å². The molecule has 2 nitrogen and oxygen atoms in total. The lowest BCUT2D eigenvalue weighted by atomic mass is 10.0. The highest BCUT2D eigenvalue weighted by atomic mass is 16.5. The molecule has 0 fully saturated rings. The molecular formula is C19H25NO. The van der Waals surface area contributed by atoms with Gasteiger partial charge in [-0.05, 0) is 34.7 Å². The molecule has 0 bridgehead atoms. The van der Waals surface area contributed by atoms with Crippen molar-refractivity contribution in [1.82, 2.24) is 0 Å². The molecule has 0 spiro atoms. The van der Waals surface area contributed by atoms with Crippen molar-refractivity contribution < 1.29 is 4.74 Å². The standard InChI is InChI=1S/C19H25NO/c1-3-15(4-2)14-21-19-11-9-18(10-12-19)17-7-5-16(13-20)6-8-17/h5-12,15H,3-4,13-14,20H2,1-2H3. The van der Waals surface area contributed by atoms with Crippen molar-refractivity contribution in [1.29, 1.82) is 0 Å². The third-order valence-electron chi connectivity index (χ3n) is 4.02. The zero-order chi connectivity index (χ0) is 15.1. The highest BCUT2D eigenvalue weighted by molar-refractivity contribution is 5.64. The second kappa shape index (κ2) is 7.84. The zero-order valence-electron chi connectivity index (χ0n) is 13.0. The molecule has 2 aromatic carbocycles. The number of benzene rings is 2. The van der Waals surface area contributed by atoms with E-state index < -0.39 is 0 Å². The molecule has 0 radical (unpaired) electrons. The average molecular weight is 283 g/mol. The predicted octanol–water partition coefficient (Wildman–Crippen LogP) is 4.63. The minimum absolute atomic E-state index is 0.586. The Labute approximate surface area is 127 Å². The first kappa shape index (κ1) is 15.6. The normalized spacial score (nSPS) is 10.9. The summed E-state index contributed by atoms with van der Waals surface area (Å²) in [5.74, 6) is 1.60. The summed E-state index contributed by atoms with van der Waals surface area (Å²) in [4.78, 5) is 0. The summed E-state index contributed by atoms with van der Waals surface area (Å²) in [6, 6.07) is 16.7. The van der Waals surface area contributed by atoms with Crippen molar-refractivity contribution in [3.05, 3.63) is 54.1 Å². The minimum Gasteiger partial charge on any atom is -0.493 e. The third kappa shape index (κ3) is 4.33. The van der Waals surface area contributed by atoms with Crippen LogP contribution in [0, 0.1) is 5.92 Å². The van der Waals surface area contributed by atoms with Crippen LogP contribution in [-0.2, 0) is 6.54 Å². The van der Waals surface area contributed by atoms with Crippen molar-refractivity contribution in [2.75, 3.05) is 6.61 Å². The van der Waals surface area contributed by atoms with Gasteiger partial charge in [0.2, 0.25) is 0 Å². The maximum atomic E-state index is 5.86. The lowest BCUT2D eigenvalue weighted by Gasteiger charge is -2.14. The fourth-order valence-corrected chi connectivity index (χ4v) is 2.32. The quantitative estimate of drug-likeness (QED) is 0.804. The lowest BCUT2D eigenvalue weighted by Crippen LogP contribution is -2.09. The van der Waals surface area contributed by atoms with Crippen LogP contribution in [0.3, 0.4) is 0 Å². The van der Waals surface area contributed by atoms with E-state index in [-0.39, 0.29) is 0 Å². The molecule has 0 saturated carbocycles. The Bertz CT molecular complexity index is 526. The van der Waals surface area contributed by atoms with Gasteiger partial charge in [0.15, 0.2) is 0 Å². The Balaban J connectivity index is 2.00. The van der Waals surface area contributed by atoms with Gasteiger partial charge in [0, 0.05) is 6.54 Å². The van der Waals surface area contributed by atoms with E-state index in [1.165, 1.54) is 24.0 Å². The first-order valence-electron chi connectivity index (χ1n) is 7.79. The van der Waals surface area contributed by atoms with E-state index in [1.54, 1.807) is 0 Å². The number of ether oxygens (including phenoxy) is 1. The molecule has 0 aromatic heterocycles. The van der Waals surface area contributed by atoms with Crippen LogP contribution in [-0.4, -0.2) is 6.61 Å². The van der Waals surface area contributed by atoms with Crippen LogP contribution in [0.4, 0.5) is 0 Å². The van der Waals surface area contributed by atoms with Crippen molar-refractivity contribution in [3.63, 3.8) is 0 Å². The molecule has 0 heterocycles. The maximum absolute atomic E-state index is 5.86. The molecule has 0 saturated heterocycles. The van der Waals surface area contributed by atoms with E-state index in [2.05, 4.69) is 62.4 Å². The van der Waals surface area contributed by atoms with Crippen LogP contribution in [0.1, 0.15) is 32.3 Å². The van der Waals surface area contributed by atoms with E-state index >= 15 is 0 Å². The van der Waals surface area contributed by atoms with E-state index in [1.807, 2.05) is 0 Å². The molecule has 0 atom stereocenters. The summed E-state index contributed by atoms with van der Waals surface area (Å²) in [5, 5.41) is 0. The number of hydrogen-bond donors (Lipinski definition) is 1. The second-order valence-electron chi connectivity index (χ2n) is 5.42. The Hall–Kier alpha value is -1.80. The Morgan fingerprint density at radius 3 is 1.86 bits per heavy atom. The molecule has 0 amide bonds. The molecule has 2 aromatic rings. The maximum Gasteiger partial charge on any atom is 0.119 e. The van der Waals surface area contributed by atoms with Crippen LogP contribution in [0.5, 0.6) is 5.75 Å². The van der Waals surface area contributed by atoms with Crippen LogP contribution in [0.15, 0.2) is 48.5 Å². The highest BCUT2D eigenvalue weighted by Crippen LogP contribution is 2.23. The second-order valence-corrected chi connectivity index (χ2v) is 5.42. The van der Waals surface area contributed by atoms with Gasteiger partial charge in [0.05, 0.1) is 6.61 Å². The Morgan fingerprint density at radius 2 is 1.38 bits per heavy atom. The first-order chi connectivity index (χ1) is 10.3. The summed E-state index contributed by atoms with van der Waals surface area (Å²) in [7, 11) is 0. The summed E-state index contributed by atoms with van der Waals surface area (Å²) in [5.41, 5.74) is 9.19. The fraction of sp³-hybridized carbons (Fsp3) is 0.368. The smallest absolute Gasteiger partial charge is 0.119 e. The van der Waals surface area contributed by atoms with Crippen molar-refractivity contribution >= 4 is 0 Å². The molecule has 2 N–H and O–H groups in total. The third-order valence-corrected chi connectivity index (χ3v) is 4.02. The number of hydrogen-bond acceptors (Lipinski definition) is 2. The van der Waals surface area contributed by atoms with E-state index in [0.29, 0.717) is 12.5 Å². The molecule has 0 aliphatic carbocycles. The topological polar surface area (TPSA) is 35.2 Å². The van der Waals surface area contributed by atoms with Crippen molar-refractivity contribution in [2.24, 2.45) is 11.7 Å². The monoisotopic (exact) mass is 283 g/mol. The Kier molecular flexibility index (Phi) is 5.82. The van der Waals surface area contributed by atoms with Crippen LogP contribution in [0.25, 0.3) is 11.1 Å². The summed E-state index contributed by atoms with van der Waals surface area (Å²) >= 11 is 0. The predicted molar refractivity (Wildman–Crippen MR) is 89.3 cm³/mol. The largest absolute Gasteiger partial charge is 0.493 e. The fourth-order valence-electron chi connectivity index (χ4n) is 2.32. The average Bonchev–Trinajstić information content (AvgIpc) is 2.56. The van der Waals surface area contributed by atoms with Gasteiger partial charge in [0.1, 0.15) is 5.75 Å². The van der Waals surface area contributed by atoms with Gasteiger partial charge in [0.25, 0.3) is 0 Å². The van der Waals surface area contributed by atoms with Crippen LogP contribution < -0.4 is 10.5 Å². The van der Waals surface area contributed by atoms with Gasteiger partial charge >= 0.3 is 0 Å². The van der Waals surface area contributed by atoms with Gasteiger partial charge in [-0.25, -0.2) is 0 Å². The van der Waals surface area contributed by atoms with Crippen molar-refractivity contribution in [3.8, 4) is 16.9 Å². The molecule has 0 unspecified atom stereocenters. The molecule has 2 rings (SSSR count). The molecule has 112 valence electrons. The van der Waals surface area contributed by atoms with Gasteiger partial charge in [-0.3, -0.25) is 0 Å². The summed E-state index contributed by atoms with van der Waals surface area (Å²) in [6.07, 6.45) is 2.34. The molecule has 0 aliphatic heterocycles. The number of nitrogens with two attached hydrogens (primary N) is 1. The van der Waals surface area contributed by atoms with E-state index in [4.69, 9.17) is 10.5 Å². The van der Waals surface area contributed by atoms with Crippen LogP contribution in [0.2, 0.25) is 0 Å². The molecule has 0 aliphatic rings. The molecular weight excluding hydrogens is 258 g/mol. The Morgan fingerprint density at radius 1 is 0.857 bits per heavy atom. The molecule has 21 heavy (non-hydrogen) atoms. The van der Waals surface area contributed by atoms with Crippen molar-refractivity contribution in [2.45, 2.75) is 33.2 Å². The summed E-state index contributed by atoms with van der Waals surface area (Å²) in [6.45, 7) is 5.82.